The summed E-state index contributed by atoms with van der Waals surface area (Å²) >= 11 is 6.64. The Balaban J connectivity index is 1.86. The number of carbonyl (C=O) groups is 2. The Morgan fingerprint density at radius 1 is 1.19 bits per heavy atom. The summed E-state index contributed by atoms with van der Waals surface area (Å²) in [4.78, 5) is 25.9. The number of methoxy groups -OCH3 is 1. The van der Waals surface area contributed by atoms with E-state index in [1.165, 1.54) is 23.6 Å². The zero-order chi connectivity index (χ0) is 18.7. The molecule has 5 nitrogen and oxygen atoms in total. The molecule has 2 aromatic rings. The number of nitrogens with zero attached hydrogens (tertiary/aromatic N) is 1. The molecule has 1 aliphatic heterocycles. The van der Waals surface area contributed by atoms with E-state index in [9.17, 15) is 9.59 Å². The molecular weight excluding hydrogens is 368 g/mol. The molecule has 132 valence electrons. The molecule has 0 aromatic heterocycles. The molecule has 0 saturated carbocycles. The van der Waals surface area contributed by atoms with Crippen molar-refractivity contribution in [2.24, 2.45) is 0 Å². The fourth-order valence-corrected chi connectivity index (χ4v) is 3.79. The second-order valence-corrected chi connectivity index (χ2v) is 7.17. The number of benzene rings is 2. The third-order valence-corrected chi connectivity index (χ3v) is 4.95. The Kier molecular flexibility index (Phi) is 5.39. The van der Waals surface area contributed by atoms with Crippen molar-refractivity contribution in [2.75, 3.05) is 17.3 Å². The molecule has 2 aromatic carbocycles. The van der Waals surface area contributed by atoms with Crippen LogP contribution < -0.4 is 15.0 Å². The van der Waals surface area contributed by atoms with Crippen LogP contribution in [0.3, 0.4) is 0 Å². The molecule has 0 spiro atoms. The van der Waals surface area contributed by atoms with Gasteiger partial charge >= 0.3 is 0 Å². The third kappa shape index (κ3) is 3.79. The highest BCUT2D eigenvalue weighted by molar-refractivity contribution is 8.27. The molecule has 1 fully saturated rings. The summed E-state index contributed by atoms with van der Waals surface area (Å²) in [6, 6.07) is 14.5. The van der Waals surface area contributed by atoms with Crippen LogP contribution in [0.1, 0.15) is 12.5 Å². The van der Waals surface area contributed by atoms with Gasteiger partial charge in [-0.1, -0.05) is 48.2 Å². The van der Waals surface area contributed by atoms with Gasteiger partial charge in [0.15, 0.2) is 4.32 Å². The molecule has 0 unspecified atom stereocenters. The maximum absolute atomic E-state index is 12.8. The average molecular weight is 384 g/mol. The maximum atomic E-state index is 12.8. The van der Waals surface area contributed by atoms with Crippen molar-refractivity contribution in [1.29, 1.82) is 0 Å². The minimum atomic E-state index is -0.185. The van der Waals surface area contributed by atoms with E-state index >= 15 is 0 Å². The topological polar surface area (TPSA) is 58.6 Å². The molecule has 0 bridgehead atoms. The monoisotopic (exact) mass is 384 g/mol. The molecule has 1 N–H and O–H groups in total. The van der Waals surface area contributed by atoms with Gasteiger partial charge < -0.3 is 10.1 Å². The van der Waals surface area contributed by atoms with Crippen molar-refractivity contribution in [3.05, 3.63) is 59.0 Å². The zero-order valence-electron chi connectivity index (χ0n) is 14.2. The van der Waals surface area contributed by atoms with Gasteiger partial charge in [0.05, 0.1) is 17.7 Å². The SMILES string of the molecule is COc1ccccc1N1C(=O)/C(=C/c2ccc(NC(C)=O)cc2)SC1=S. The standard InChI is InChI=1S/C19H16N2O3S2/c1-12(22)20-14-9-7-13(8-10-14)11-17-18(23)21(19(25)26-17)15-5-3-4-6-16(15)24-2/h3-11H,1-2H3,(H,20,22)/b17-11-. The van der Waals surface area contributed by atoms with E-state index in [1.807, 2.05) is 24.3 Å². The van der Waals surface area contributed by atoms with Gasteiger partial charge in [0.2, 0.25) is 5.91 Å². The quantitative estimate of drug-likeness (QED) is 0.636. The lowest BCUT2D eigenvalue weighted by molar-refractivity contribution is -0.114. The second kappa shape index (κ2) is 7.72. The zero-order valence-corrected chi connectivity index (χ0v) is 15.8. The Morgan fingerprint density at radius 3 is 2.54 bits per heavy atom. The van der Waals surface area contributed by atoms with Crippen molar-refractivity contribution in [1.82, 2.24) is 0 Å². The molecule has 0 atom stereocenters. The van der Waals surface area contributed by atoms with Gasteiger partial charge in [-0.15, -0.1) is 0 Å². The van der Waals surface area contributed by atoms with Crippen molar-refractivity contribution in [2.45, 2.75) is 6.92 Å². The van der Waals surface area contributed by atoms with Gasteiger partial charge in [-0.3, -0.25) is 14.5 Å². The van der Waals surface area contributed by atoms with E-state index in [0.29, 0.717) is 26.3 Å². The summed E-state index contributed by atoms with van der Waals surface area (Å²) < 4.78 is 5.79. The van der Waals surface area contributed by atoms with Crippen LogP contribution in [0.15, 0.2) is 53.4 Å². The minimum absolute atomic E-state index is 0.129. The highest BCUT2D eigenvalue weighted by atomic mass is 32.2. The van der Waals surface area contributed by atoms with E-state index < -0.39 is 0 Å². The fraction of sp³-hybridized carbons (Fsp3) is 0.105. The molecule has 0 aliphatic carbocycles. The van der Waals surface area contributed by atoms with E-state index in [2.05, 4.69) is 5.32 Å². The van der Waals surface area contributed by atoms with Crippen LogP contribution in [-0.4, -0.2) is 23.2 Å². The number of amides is 2. The Labute approximate surface area is 161 Å². The number of para-hydroxylation sites is 2. The molecule has 0 radical (unpaired) electrons. The molecular formula is C19H16N2O3S2. The number of nitrogens with one attached hydrogen (secondary N) is 1. The van der Waals surface area contributed by atoms with Gasteiger partial charge in [-0.05, 0) is 35.9 Å². The number of hydrogen-bond acceptors (Lipinski definition) is 5. The highest BCUT2D eigenvalue weighted by Crippen LogP contribution is 2.39. The summed E-state index contributed by atoms with van der Waals surface area (Å²) in [5.41, 5.74) is 2.18. The van der Waals surface area contributed by atoms with Gasteiger partial charge in [0.1, 0.15) is 5.75 Å². The van der Waals surface area contributed by atoms with Crippen molar-refractivity contribution in [3.63, 3.8) is 0 Å². The van der Waals surface area contributed by atoms with Gasteiger partial charge in [0.25, 0.3) is 5.91 Å². The summed E-state index contributed by atoms with van der Waals surface area (Å²) in [6.45, 7) is 1.46. The fourth-order valence-electron chi connectivity index (χ4n) is 2.51. The van der Waals surface area contributed by atoms with Crippen molar-refractivity contribution in [3.8, 4) is 5.75 Å². The summed E-state index contributed by atoms with van der Waals surface area (Å²) in [7, 11) is 1.56. The first kappa shape index (κ1) is 18.2. The predicted octanol–water partition coefficient (Wildman–Crippen LogP) is 4.06. The molecule has 1 aliphatic rings. The van der Waals surface area contributed by atoms with E-state index in [4.69, 9.17) is 17.0 Å². The number of anilines is 2. The Hall–Kier alpha value is -2.64. The lowest BCUT2D eigenvalue weighted by atomic mass is 10.2. The smallest absolute Gasteiger partial charge is 0.270 e. The number of hydrogen-bond donors (Lipinski definition) is 1. The molecule has 26 heavy (non-hydrogen) atoms. The molecule has 2 amide bonds. The van der Waals surface area contributed by atoms with Crippen LogP contribution in [0.5, 0.6) is 5.75 Å². The lowest BCUT2D eigenvalue weighted by Gasteiger charge is -2.17. The Bertz CT molecular complexity index is 907. The molecule has 1 saturated heterocycles. The highest BCUT2D eigenvalue weighted by Gasteiger charge is 2.34. The first-order valence-corrected chi connectivity index (χ1v) is 9.00. The van der Waals surface area contributed by atoms with E-state index in [0.717, 1.165) is 5.56 Å². The van der Waals surface area contributed by atoms with Crippen LogP contribution in [0.25, 0.3) is 6.08 Å². The minimum Gasteiger partial charge on any atom is -0.495 e. The van der Waals surface area contributed by atoms with Crippen LogP contribution in [0, 0.1) is 0 Å². The number of thiocarbonyl (C=S) groups is 1. The van der Waals surface area contributed by atoms with Crippen molar-refractivity contribution >= 4 is 57.6 Å². The first-order chi connectivity index (χ1) is 12.5. The predicted molar refractivity (Wildman–Crippen MR) is 109 cm³/mol. The number of thioether (sulfide) groups is 1. The van der Waals surface area contributed by atoms with Crippen LogP contribution in [0.2, 0.25) is 0 Å². The summed E-state index contributed by atoms with van der Waals surface area (Å²) in [6.07, 6.45) is 1.78. The normalized spacial score (nSPS) is 15.5. The van der Waals surface area contributed by atoms with E-state index in [-0.39, 0.29) is 11.8 Å². The summed E-state index contributed by atoms with van der Waals surface area (Å²) in [5, 5.41) is 2.71. The van der Waals surface area contributed by atoms with Crippen LogP contribution in [0.4, 0.5) is 11.4 Å². The number of rotatable bonds is 4. The molecule has 1 heterocycles. The van der Waals surface area contributed by atoms with Crippen LogP contribution in [-0.2, 0) is 9.59 Å². The van der Waals surface area contributed by atoms with Crippen molar-refractivity contribution < 1.29 is 14.3 Å². The number of carbonyl (C=O) groups excluding carboxylic acids is 2. The first-order valence-electron chi connectivity index (χ1n) is 7.78. The second-order valence-electron chi connectivity index (χ2n) is 5.49. The third-order valence-electron chi connectivity index (χ3n) is 3.65. The largest absolute Gasteiger partial charge is 0.495 e. The van der Waals surface area contributed by atoms with Gasteiger partial charge in [-0.2, -0.15) is 0 Å². The molecule has 7 heteroatoms. The lowest BCUT2D eigenvalue weighted by Crippen LogP contribution is -2.27. The number of ether oxygens (including phenoxy) is 1. The van der Waals surface area contributed by atoms with Gasteiger partial charge in [-0.25, -0.2) is 0 Å². The van der Waals surface area contributed by atoms with Crippen LogP contribution >= 0.6 is 24.0 Å². The summed E-state index contributed by atoms with van der Waals surface area (Å²) in [5.74, 6) is 0.274. The maximum Gasteiger partial charge on any atom is 0.270 e. The van der Waals surface area contributed by atoms with E-state index in [1.54, 1.807) is 37.5 Å². The molecule has 3 rings (SSSR count). The van der Waals surface area contributed by atoms with Gasteiger partial charge in [0, 0.05) is 12.6 Å². The average Bonchev–Trinajstić information content (AvgIpc) is 2.89. The Morgan fingerprint density at radius 2 is 1.88 bits per heavy atom.